The van der Waals surface area contributed by atoms with Gasteiger partial charge < -0.3 is 20.6 Å². The number of aromatic nitrogens is 1. The molecule has 0 saturated carbocycles. The van der Waals surface area contributed by atoms with Gasteiger partial charge in [0.1, 0.15) is 11.7 Å². The van der Waals surface area contributed by atoms with E-state index in [-0.39, 0.29) is 24.0 Å². The van der Waals surface area contributed by atoms with Crippen molar-refractivity contribution >= 4 is 11.7 Å². The van der Waals surface area contributed by atoms with Gasteiger partial charge in [-0.15, -0.1) is 0 Å². The van der Waals surface area contributed by atoms with Crippen molar-refractivity contribution in [3.8, 4) is 0 Å². The Labute approximate surface area is 164 Å². The fourth-order valence-corrected chi connectivity index (χ4v) is 2.66. The number of aliphatic imine (C=N–C) groups is 1. The van der Waals surface area contributed by atoms with Gasteiger partial charge >= 0.3 is 6.10 Å². The van der Waals surface area contributed by atoms with Crippen LogP contribution in [0.1, 0.15) is 36.2 Å². The predicted octanol–water partition coefficient (Wildman–Crippen LogP) is 1.59. The van der Waals surface area contributed by atoms with Crippen LogP contribution in [0.15, 0.2) is 41.5 Å². The molecule has 1 amide bonds. The molecule has 29 heavy (non-hydrogen) atoms. The third-order valence-corrected chi connectivity index (χ3v) is 3.85. The Hall–Kier alpha value is -2.82. The molecule has 0 radical (unpaired) electrons. The van der Waals surface area contributed by atoms with Gasteiger partial charge in [-0.2, -0.15) is 4.99 Å². The Morgan fingerprint density at radius 2 is 1.90 bits per heavy atom. The molecule has 10 heteroatoms. The van der Waals surface area contributed by atoms with Crippen LogP contribution < -0.4 is 5.32 Å². The van der Waals surface area contributed by atoms with Crippen molar-refractivity contribution in [2.24, 2.45) is 4.99 Å². The summed E-state index contributed by atoms with van der Waals surface area (Å²) in [5, 5.41) is 29.6. The van der Waals surface area contributed by atoms with Crippen LogP contribution >= 0.6 is 0 Å². The highest BCUT2D eigenvalue weighted by molar-refractivity contribution is 6.08. The van der Waals surface area contributed by atoms with Gasteiger partial charge in [-0.1, -0.05) is 6.07 Å². The number of carbonyl (C=O) groups excluding carboxylic acids is 1. The van der Waals surface area contributed by atoms with Gasteiger partial charge in [-0.25, -0.2) is 13.2 Å². The number of benzene rings is 1. The maximum Gasteiger partial charge on any atom is 0.389 e. The highest BCUT2D eigenvalue weighted by atomic mass is 19.3. The highest BCUT2D eigenvalue weighted by Gasteiger charge is 2.31. The van der Waals surface area contributed by atoms with Crippen molar-refractivity contribution in [3.63, 3.8) is 0 Å². The number of amidine groups is 1. The van der Waals surface area contributed by atoms with Crippen molar-refractivity contribution in [3.05, 3.63) is 64.7 Å². The molecule has 0 bridgehead atoms. The molecular formula is C19H20F3N3O4. The lowest BCUT2D eigenvalue weighted by atomic mass is 9.95. The summed E-state index contributed by atoms with van der Waals surface area (Å²) in [5.74, 6) is -6.08. The predicted molar refractivity (Wildman–Crippen MR) is 97.4 cm³/mol. The number of pyridine rings is 1. The average Bonchev–Trinajstić information content (AvgIpc) is 2.58. The lowest BCUT2D eigenvalue weighted by Gasteiger charge is -2.19. The van der Waals surface area contributed by atoms with Crippen LogP contribution in [-0.4, -0.2) is 38.1 Å². The number of aliphatic hydroxyl groups is 3. The van der Waals surface area contributed by atoms with Crippen LogP contribution in [0, 0.1) is 5.82 Å². The minimum atomic E-state index is -3.57. The van der Waals surface area contributed by atoms with E-state index in [1.807, 2.05) is 0 Å². The van der Waals surface area contributed by atoms with Gasteiger partial charge in [0.2, 0.25) is 5.91 Å². The minimum absolute atomic E-state index is 0.0869. The second-order valence-electron chi connectivity index (χ2n) is 6.44. The Morgan fingerprint density at radius 1 is 1.21 bits per heavy atom. The van der Waals surface area contributed by atoms with Crippen molar-refractivity contribution < 1.29 is 33.3 Å². The van der Waals surface area contributed by atoms with Gasteiger partial charge in [-0.05, 0) is 42.7 Å². The molecule has 0 unspecified atom stereocenters. The van der Waals surface area contributed by atoms with Crippen molar-refractivity contribution in [1.29, 1.82) is 0 Å². The van der Waals surface area contributed by atoms with Crippen LogP contribution in [0.2, 0.25) is 0 Å². The smallest absolute Gasteiger partial charge is 0.324 e. The quantitative estimate of drug-likeness (QED) is 0.327. The third-order valence-electron chi connectivity index (χ3n) is 3.85. The van der Waals surface area contributed by atoms with E-state index in [0.29, 0.717) is 18.7 Å². The van der Waals surface area contributed by atoms with Crippen LogP contribution in [0.3, 0.4) is 0 Å². The van der Waals surface area contributed by atoms with Crippen LogP contribution in [0.25, 0.3) is 0 Å². The third kappa shape index (κ3) is 6.63. The van der Waals surface area contributed by atoms with Crippen molar-refractivity contribution in [1.82, 2.24) is 10.3 Å². The van der Waals surface area contributed by atoms with E-state index in [2.05, 4.69) is 15.3 Å². The number of alkyl halides is 2. The number of carbonyl (C=O) groups is 1. The summed E-state index contributed by atoms with van der Waals surface area (Å²) in [7, 11) is 0. The molecule has 1 heterocycles. The molecule has 0 atom stereocenters. The Morgan fingerprint density at radius 3 is 2.41 bits per heavy atom. The summed E-state index contributed by atoms with van der Waals surface area (Å²) in [5.41, 5.74) is -0.303. The first kappa shape index (κ1) is 22.5. The molecule has 0 aliphatic heterocycles. The molecule has 0 spiro atoms. The largest absolute Gasteiger partial charge is 0.389 e. The van der Waals surface area contributed by atoms with E-state index in [1.165, 1.54) is 0 Å². The number of hydrogen-bond acceptors (Lipinski definition) is 6. The van der Waals surface area contributed by atoms with Gasteiger partial charge in [-0.3, -0.25) is 9.78 Å². The first-order valence-electron chi connectivity index (χ1n) is 8.52. The zero-order valence-corrected chi connectivity index (χ0v) is 15.7. The fourth-order valence-electron chi connectivity index (χ4n) is 2.66. The molecule has 1 aromatic heterocycles. The first-order chi connectivity index (χ1) is 13.4. The molecule has 2 aromatic rings. The summed E-state index contributed by atoms with van der Waals surface area (Å²) >= 11 is 0. The lowest BCUT2D eigenvalue weighted by Crippen LogP contribution is -2.35. The Kier molecular flexibility index (Phi) is 6.73. The first-order valence-corrected chi connectivity index (χ1v) is 8.52. The van der Waals surface area contributed by atoms with Gasteiger partial charge in [0.05, 0.1) is 5.56 Å². The second-order valence-corrected chi connectivity index (χ2v) is 6.44. The zero-order chi connectivity index (χ0) is 21.8. The van der Waals surface area contributed by atoms with Gasteiger partial charge in [0.25, 0.3) is 5.92 Å². The number of amides is 1. The van der Waals surface area contributed by atoms with Crippen LogP contribution in [0.4, 0.5) is 13.2 Å². The summed E-state index contributed by atoms with van der Waals surface area (Å²) in [4.78, 5) is 18.7. The van der Waals surface area contributed by atoms with E-state index < -0.39 is 35.1 Å². The normalized spacial score (nSPS) is 12.8. The van der Waals surface area contributed by atoms with E-state index in [1.54, 1.807) is 24.4 Å². The summed E-state index contributed by atoms with van der Waals surface area (Å²) < 4.78 is 42.0. The fraction of sp³-hybridized carbons (Fsp3) is 0.316. The highest BCUT2D eigenvalue weighted by Crippen LogP contribution is 2.32. The number of hydrogen-bond donors (Lipinski definition) is 4. The molecule has 2 rings (SSSR count). The number of nitrogens with zero attached hydrogens (tertiary/aromatic N) is 2. The molecule has 0 fully saturated rings. The molecule has 0 aliphatic carbocycles. The van der Waals surface area contributed by atoms with E-state index in [9.17, 15) is 18.0 Å². The lowest BCUT2D eigenvalue weighted by molar-refractivity contribution is -0.304. The minimum Gasteiger partial charge on any atom is -0.324 e. The van der Waals surface area contributed by atoms with Gasteiger partial charge in [0.15, 0.2) is 0 Å². The average molecular weight is 411 g/mol. The summed E-state index contributed by atoms with van der Waals surface area (Å²) in [6.07, 6.45) is -1.65. The molecule has 1 aromatic carbocycles. The van der Waals surface area contributed by atoms with E-state index in [4.69, 9.17) is 15.3 Å². The van der Waals surface area contributed by atoms with E-state index in [0.717, 1.165) is 13.0 Å². The standard InChI is InChI=1S/C19H20F3N3O4/c1-11(26)24-17(25-19(27,28)29)14-10-16(20)15(18(2,21)22)9-12(14)6-7-13-5-3-4-8-23-13/h3-5,8-10,27-29H,6-7H2,1-2H3,(H,24,25,26). The van der Waals surface area contributed by atoms with Crippen molar-refractivity contribution in [2.45, 2.75) is 38.7 Å². The monoisotopic (exact) mass is 411 g/mol. The molecule has 4 N–H and O–H groups in total. The van der Waals surface area contributed by atoms with Crippen molar-refractivity contribution in [2.75, 3.05) is 0 Å². The Bertz CT molecular complexity index is 907. The number of rotatable bonds is 6. The topological polar surface area (TPSA) is 115 Å². The number of nitrogens with one attached hydrogen (secondary N) is 1. The Balaban J connectivity index is 2.59. The molecule has 7 nitrogen and oxygen atoms in total. The number of halogens is 3. The van der Waals surface area contributed by atoms with E-state index >= 15 is 0 Å². The molecule has 0 aliphatic rings. The molecular weight excluding hydrogens is 391 g/mol. The molecule has 156 valence electrons. The zero-order valence-electron chi connectivity index (χ0n) is 15.7. The summed E-state index contributed by atoms with van der Waals surface area (Å²) in [6.45, 7) is 1.61. The van der Waals surface area contributed by atoms with Crippen LogP contribution in [0.5, 0.6) is 0 Å². The maximum atomic E-state index is 14.4. The molecule has 0 saturated heterocycles. The van der Waals surface area contributed by atoms with Gasteiger partial charge in [0, 0.05) is 31.3 Å². The second kappa shape index (κ2) is 8.68. The SMILES string of the molecule is CC(=O)NC(=NC(O)(O)O)c1cc(F)c(C(C)(F)F)cc1CCc1ccccn1. The number of aryl methyl sites for hydroxylation is 2. The summed E-state index contributed by atoms with van der Waals surface area (Å²) in [6, 6.07) is 6.76. The van der Waals surface area contributed by atoms with Crippen LogP contribution in [-0.2, 0) is 23.6 Å². The maximum absolute atomic E-state index is 14.4.